The number of amides is 1. The summed E-state index contributed by atoms with van der Waals surface area (Å²) in [6.07, 6.45) is 2.29. The number of rotatable bonds is 5. The van der Waals surface area contributed by atoms with E-state index in [0.717, 1.165) is 0 Å². The van der Waals surface area contributed by atoms with Crippen LogP contribution in [0.1, 0.15) is 6.42 Å². The highest BCUT2D eigenvalue weighted by atomic mass is 35.5. The molecule has 0 spiro atoms. The summed E-state index contributed by atoms with van der Waals surface area (Å²) >= 11 is 5.27. The minimum Gasteiger partial charge on any atom is -0.359 e. The maximum Gasteiger partial charge on any atom is 0.221 e. The van der Waals surface area contributed by atoms with Gasteiger partial charge in [0.15, 0.2) is 0 Å². The molecule has 0 saturated carbocycles. The molecule has 3 nitrogen and oxygen atoms in total. The lowest BCUT2D eigenvalue weighted by atomic mass is 10.4. The molecule has 0 atom stereocenters. The van der Waals surface area contributed by atoms with Gasteiger partial charge in [-0.25, -0.2) is 0 Å². The summed E-state index contributed by atoms with van der Waals surface area (Å²) in [5, 5.41) is 5.55. The second kappa shape index (κ2) is 7.57. The third kappa shape index (κ3) is 7.36. The Morgan fingerprint density at radius 2 is 2.36 bits per heavy atom. The topological polar surface area (TPSA) is 41.1 Å². The van der Waals surface area contributed by atoms with E-state index in [-0.39, 0.29) is 5.91 Å². The molecule has 0 unspecified atom stereocenters. The Hall–Kier alpha value is -0.540. The molecule has 0 aromatic heterocycles. The zero-order valence-electron chi connectivity index (χ0n) is 6.56. The molecule has 0 aromatic rings. The van der Waals surface area contributed by atoms with Crippen molar-refractivity contribution < 1.29 is 4.79 Å². The molecule has 0 aromatic carbocycles. The molecule has 2 N–H and O–H groups in total. The van der Waals surface area contributed by atoms with Crippen LogP contribution in [-0.2, 0) is 4.79 Å². The van der Waals surface area contributed by atoms with E-state index in [1.54, 1.807) is 13.1 Å². The standard InChI is InChI=1S/C7H13ClN2O/c1-9-7(11)3-6-10-5-2-4-8/h2,4,10H,3,5-6H2,1H3,(H,9,11)/b4-2+. The number of carbonyl (C=O) groups is 1. The van der Waals surface area contributed by atoms with Crippen molar-refractivity contribution in [3.63, 3.8) is 0 Å². The van der Waals surface area contributed by atoms with E-state index in [9.17, 15) is 4.79 Å². The van der Waals surface area contributed by atoms with Crippen molar-refractivity contribution in [2.75, 3.05) is 20.1 Å². The van der Waals surface area contributed by atoms with Gasteiger partial charge >= 0.3 is 0 Å². The Balaban J connectivity index is 3.08. The molecular weight excluding hydrogens is 164 g/mol. The van der Waals surface area contributed by atoms with Crippen LogP contribution in [0.25, 0.3) is 0 Å². The molecule has 0 heterocycles. The van der Waals surface area contributed by atoms with Crippen molar-refractivity contribution in [1.82, 2.24) is 10.6 Å². The largest absolute Gasteiger partial charge is 0.359 e. The molecule has 64 valence electrons. The van der Waals surface area contributed by atoms with E-state index in [2.05, 4.69) is 10.6 Å². The van der Waals surface area contributed by atoms with Crippen molar-refractivity contribution in [3.8, 4) is 0 Å². The zero-order chi connectivity index (χ0) is 8.53. The summed E-state index contributed by atoms with van der Waals surface area (Å²) in [7, 11) is 1.63. The van der Waals surface area contributed by atoms with Crippen molar-refractivity contribution in [2.24, 2.45) is 0 Å². The van der Waals surface area contributed by atoms with Gasteiger partial charge in [-0.15, -0.1) is 0 Å². The molecule has 0 saturated heterocycles. The minimum absolute atomic E-state index is 0.0485. The van der Waals surface area contributed by atoms with Crippen molar-refractivity contribution in [2.45, 2.75) is 6.42 Å². The number of halogens is 1. The van der Waals surface area contributed by atoms with Crippen LogP contribution in [0.15, 0.2) is 11.6 Å². The molecule has 0 aliphatic carbocycles. The molecule has 0 fully saturated rings. The van der Waals surface area contributed by atoms with Gasteiger partial charge in [0, 0.05) is 32.1 Å². The first-order valence-electron chi connectivity index (χ1n) is 3.47. The van der Waals surface area contributed by atoms with Crippen molar-refractivity contribution in [3.05, 3.63) is 11.6 Å². The average molecular weight is 177 g/mol. The lowest BCUT2D eigenvalue weighted by Crippen LogP contribution is -2.24. The average Bonchev–Trinajstić information content (AvgIpc) is 2.04. The molecule has 0 bridgehead atoms. The van der Waals surface area contributed by atoms with Gasteiger partial charge in [-0.1, -0.05) is 17.7 Å². The van der Waals surface area contributed by atoms with Crippen LogP contribution in [0.2, 0.25) is 0 Å². The van der Waals surface area contributed by atoms with Crippen LogP contribution in [0.3, 0.4) is 0 Å². The molecule has 0 aliphatic rings. The Morgan fingerprint density at radius 3 is 2.91 bits per heavy atom. The summed E-state index contributed by atoms with van der Waals surface area (Å²) in [6, 6.07) is 0. The van der Waals surface area contributed by atoms with E-state index in [4.69, 9.17) is 11.6 Å². The van der Waals surface area contributed by atoms with Crippen LogP contribution in [0, 0.1) is 0 Å². The Kier molecular flexibility index (Phi) is 7.19. The van der Waals surface area contributed by atoms with Crippen LogP contribution < -0.4 is 10.6 Å². The first-order valence-corrected chi connectivity index (χ1v) is 3.91. The summed E-state index contributed by atoms with van der Waals surface area (Å²) in [5.74, 6) is 0.0485. The smallest absolute Gasteiger partial charge is 0.221 e. The number of hydrogen-bond donors (Lipinski definition) is 2. The van der Waals surface area contributed by atoms with Crippen LogP contribution >= 0.6 is 11.6 Å². The lowest BCUT2D eigenvalue weighted by Gasteiger charge is -1.99. The predicted octanol–water partition coefficient (Wildman–Crippen LogP) is 0.465. The molecule has 4 heteroatoms. The van der Waals surface area contributed by atoms with Gasteiger partial charge in [0.1, 0.15) is 0 Å². The SMILES string of the molecule is CNC(=O)CCNC/C=C/Cl. The van der Waals surface area contributed by atoms with Gasteiger partial charge in [-0.05, 0) is 0 Å². The summed E-state index contributed by atoms with van der Waals surface area (Å²) in [5.41, 5.74) is 1.45. The number of nitrogens with one attached hydrogen (secondary N) is 2. The molecular formula is C7H13ClN2O. The fourth-order valence-corrected chi connectivity index (χ4v) is 0.646. The van der Waals surface area contributed by atoms with E-state index in [1.807, 2.05) is 0 Å². The molecule has 1 amide bonds. The second-order valence-corrected chi connectivity index (χ2v) is 2.24. The van der Waals surface area contributed by atoms with Gasteiger partial charge in [0.05, 0.1) is 0 Å². The van der Waals surface area contributed by atoms with Crippen molar-refractivity contribution >= 4 is 17.5 Å². The maximum absolute atomic E-state index is 10.6. The van der Waals surface area contributed by atoms with Gasteiger partial charge in [0.25, 0.3) is 0 Å². The van der Waals surface area contributed by atoms with Gasteiger partial charge in [0.2, 0.25) is 5.91 Å². The maximum atomic E-state index is 10.6. The zero-order valence-corrected chi connectivity index (χ0v) is 7.32. The summed E-state index contributed by atoms with van der Waals surface area (Å²) in [6.45, 7) is 1.39. The van der Waals surface area contributed by atoms with E-state index < -0.39 is 0 Å². The monoisotopic (exact) mass is 176 g/mol. The highest BCUT2D eigenvalue weighted by Crippen LogP contribution is 1.77. The van der Waals surface area contributed by atoms with E-state index in [1.165, 1.54) is 5.54 Å². The lowest BCUT2D eigenvalue weighted by molar-refractivity contribution is -0.120. The van der Waals surface area contributed by atoms with Crippen LogP contribution in [0.5, 0.6) is 0 Å². The first kappa shape index (κ1) is 10.5. The number of hydrogen-bond acceptors (Lipinski definition) is 2. The highest BCUT2D eigenvalue weighted by Gasteiger charge is 1.93. The highest BCUT2D eigenvalue weighted by molar-refractivity contribution is 6.25. The van der Waals surface area contributed by atoms with E-state index in [0.29, 0.717) is 19.5 Å². The van der Waals surface area contributed by atoms with Gasteiger partial charge < -0.3 is 10.6 Å². The second-order valence-electron chi connectivity index (χ2n) is 1.99. The van der Waals surface area contributed by atoms with Crippen LogP contribution in [0.4, 0.5) is 0 Å². The molecule has 11 heavy (non-hydrogen) atoms. The quantitative estimate of drug-likeness (QED) is 0.598. The Labute approximate surface area is 71.8 Å². The fraction of sp³-hybridized carbons (Fsp3) is 0.571. The molecule has 0 radical (unpaired) electrons. The minimum atomic E-state index is 0.0485. The summed E-state index contributed by atoms with van der Waals surface area (Å²) in [4.78, 5) is 10.6. The number of carbonyl (C=O) groups excluding carboxylic acids is 1. The fourth-order valence-electron chi connectivity index (χ4n) is 0.557. The first-order chi connectivity index (χ1) is 5.31. The third-order valence-corrected chi connectivity index (χ3v) is 1.34. The van der Waals surface area contributed by atoms with Crippen molar-refractivity contribution in [1.29, 1.82) is 0 Å². The Morgan fingerprint density at radius 1 is 1.64 bits per heavy atom. The van der Waals surface area contributed by atoms with Gasteiger partial charge in [-0.3, -0.25) is 4.79 Å². The summed E-state index contributed by atoms with van der Waals surface area (Å²) < 4.78 is 0. The van der Waals surface area contributed by atoms with Crippen LogP contribution in [-0.4, -0.2) is 26.0 Å². The van der Waals surface area contributed by atoms with E-state index >= 15 is 0 Å². The predicted molar refractivity (Wildman–Crippen MR) is 46.5 cm³/mol. The third-order valence-electron chi connectivity index (χ3n) is 1.16. The van der Waals surface area contributed by atoms with Gasteiger partial charge in [-0.2, -0.15) is 0 Å². The molecule has 0 aliphatic heterocycles. The normalized spacial score (nSPS) is 10.4. The molecule has 0 rings (SSSR count). The Bertz CT molecular complexity index is 136.